The molecule has 1 amide bonds. The highest BCUT2D eigenvalue weighted by atomic mass is 16.5. The van der Waals surface area contributed by atoms with Crippen molar-refractivity contribution in [2.75, 3.05) is 19.7 Å². The summed E-state index contributed by atoms with van der Waals surface area (Å²) in [5.74, 6) is 0.552. The molecule has 3 aromatic rings. The van der Waals surface area contributed by atoms with E-state index in [1.54, 1.807) is 6.20 Å². The van der Waals surface area contributed by atoms with Crippen LogP contribution in [-0.2, 0) is 28.9 Å². The lowest BCUT2D eigenvalue weighted by atomic mass is 9.87. The van der Waals surface area contributed by atoms with Crippen molar-refractivity contribution in [3.05, 3.63) is 83.7 Å². The average molecular weight is 444 g/mol. The van der Waals surface area contributed by atoms with E-state index in [-0.39, 0.29) is 6.10 Å². The predicted molar refractivity (Wildman–Crippen MR) is 127 cm³/mol. The maximum absolute atomic E-state index is 12.8. The van der Waals surface area contributed by atoms with Gasteiger partial charge in [-0.1, -0.05) is 42.5 Å². The first-order valence-corrected chi connectivity index (χ1v) is 11.5. The van der Waals surface area contributed by atoms with Crippen molar-refractivity contribution in [1.29, 1.82) is 0 Å². The van der Waals surface area contributed by atoms with Gasteiger partial charge in [-0.05, 0) is 41.3 Å². The van der Waals surface area contributed by atoms with E-state index in [0.717, 1.165) is 42.0 Å². The first-order chi connectivity index (χ1) is 16.0. The Bertz CT molecular complexity index is 1150. The van der Waals surface area contributed by atoms with Crippen LogP contribution in [0.25, 0.3) is 11.1 Å². The molecule has 2 aliphatic heterocycles. The van der Waals surface area contributed by atoms with Crippen molar-refractivity contribution >= 4 is 5.91 Å². The zero-order valence-corrected chi connectivity index (χ0v) is 18.9. The molecular formula is C27H29N3O3. The average Bonchev–Trinajstić information content (AvgIpc) is 3.19. The summed E-state index contributed by atoms with van der Waals surface area (Å²) < 4.78 is 12.0. The van der Waals surface area contributed by atoms with Crippen molar-refractivity contribution in [1.82, 2.24) is 9.88 Å². The van der Waals surface area contributed by atoms with Crippen LogP contribution in [0.2, 0.25) is 0 Å². The van der Waals surface area contributed by atoms with Crippen LogP contribution < -0.4 is 10.5 Å². The zero-order valence-electron chi connectivity index (χ0n) is 18.9. The Morgan fingerprint density at radius 1 is 1.21 bits per heavy atom. The molecule has 0 spiro atoms. The molecule has 2 aromatic carbocycles. The number of morpholine rings is 1. The van der Waals surface area contributed by atoms with Crippen LogP contribution in [-0.4, -0.2) is 47.2 Å². The Labute approximate surface area is 194 Å². The smallest absolute Gasteiger partial charge is 0.251 e. The summed E-state index contributed by atoms with van der Waals surface area (Å²) in [6.07, 6.45) is 5.16. The lowest BCUT2D eigenvalue weighted by molar-refractivity contribution is -0.157. The molecule has 0 radical (unpaired) electrons. The number of nitrogens with zero attached hydrogens (tertiary/aromatic N) is 2. The van der Waals surface area contributed by atoms with Crippen LogP contribution in [0.15, 0.2) is 67.0 Å². The summed E-state index contributed by atoms with van der Waals surface area (Å²) in [4.78, 5) is 19.3. The summed E-state index contributed by atoms with van der Waals surface area (Å²) in [5.41, 5.74) is 10.4. The third-order valence-electron chi connectivity index (χ3n) is 6.55. The normalized spacial score (nSPS) is 22.5. The van der Waals surface area contributed by atoms with Gasteiger partial charge in [0.15, 0.2) is 5.60 Å². The molecular weight excluding hydrogens is 414 g/mol. The number of pyridine rings is 1. The number of hydrogen-bond donors (Lipinski definition) is 1. The van der Waals surface area contributed by atoms with Gasteiger partial charge in [0.1, 0.15) is 11.9 Å². The van der Waals surface area contributed by atoms with Gasteiger partial charge in [-0.2, -0.15) is 0 Å². The Balaban J connectivity index is 1.38. The van der Waals surface area contributed by atoms with Crippen LogP contribution in [0.1, 0.15) is 23.6 Å². The van der Waals surface area contributed by atoms with Crippen molar-refractivity contribution < 1.29 is 14.3 Å². The summed E-state index contributed by atoms with van der Waals surface area (Å²) >= 11 is 0. The van der Waals surface area contributed by atoms with E-state index in [1.807, 2.05) is 36.5 Å². The van der Waals surface area contributed by atoms with E-state index >= 15 is 0 Å². The molecule has 0 bridgehead atoms. The summed E-state index contributed by atoms with van der Waals surface area (Å²) in [7, 11) is 0. The molecule has 2 aliphatic rings. The molecule has 1 fully saturated rings. The van der Waals surface area contributed by atoms with Crippen molar-refractivity contribution in [2.24, 2.45) is 5.73 Å². The van der Waals surface area contributed by atoms with Gasteiger partial charge in [0.2, 0.25) is 0 Å². The number of aromatic nitrogens is 1. The number of hydrogen-bond acceptors (Lipinski definition) is 5. The fraction of sp³-hybridized carbons (Fsp3) is 0.333. The highest BCUT2D eigenvalue weighted by Crippen LogP contribution is 2.32. The second-order valence-electron chi connectivity index (χ2n) is 9.07. The van der Waals surface area contributed by atoms with Gasteiger partial charge in [-0.3, -0.25) is 14.7 Å². The first-order valence-electron chi connectivity index (χ1n) is 11.5. The van der Waals surface area contributed by atoms with Gasteiger partial charge < -0.3 is 15.2 Å². The first kappa shape index (κ1) is 21.6. The van der Waals surface area contributed by atoms with Crippen LogP contribution in [0.4, 0.5) is 0 Å². The second-order valence-corrected chi connectivity index (χ2v) is 9.07. The van der Waals surface area contributed by atoms with E-state index in [9.17, 15) is 4.79 Å². The van der Waals surface area contributed by atoms with Crippen molar-refractivity contribution in [2.45, 2.75) is 38.0 Å². The summed E-state index contributed by atoms with van der Waals surface area (Å²) in [6, 6.07) is 18.4. The molecule has 6 heteroatoms. The minimum absolute atomic E-state index is 0.223. The number of carbonyl (C=O) groups excluding carboxylic acids is 1. The van der Waals surface area contributed by atoms with Gasteiger partial charge in [-0.25, -0.2) is 0 Å². The van der Waals surface area contributed by atoms with Crippen LogP contribution in [0.3, 0.4) is 0 Å². The second kappa shape index (κ2) is 8.96. The molecule has 0 saturated carbocycles. The lowest BCUT2D eigenvalue weighted by Crippen LogP contribution is -2.59. The SMILES string of the molecule is CC1Cc2cc(CN3CCOC(Cc4ccccc4-c4cccnc4)(C(N)=O)C3)ccc2O1. The molecule has 2 N–H and O–H groups in total. The predicted octanol–water partition coefficient (Wildman–Crippen LogP) is 3.37. The van der Waals surface area contributed by atoms with E-state index in [4.69, 9.17) is 15.2 Å². The molecule has 2 atom stereocenters. The monoisotopic (exact) mass is 443 g/mol. The van der Waals surface area contributed by atoms with Gasteiger partial charge in [-0.15, -0.1) is 0 Å². The maximum Gasteiger partial charge on any atom is 0.251 e. The largest absolute Gasteiger partial charge is 0.490 e. The topological polar surface area (TPSA) is 77.7 Å². The molecule has 5 rings (SSSR count). The van der Waals surface area contributed by atoms with Crippen molar-refractivity contribution in [3.63, 3.8) is 0 Å². The molecule has 33 heavy (non-hydrogen) atoms. The number of carbonyl (C=O) groups is 1. The number of fused-ring (bicyclic) bond motifs is 1. The number of rotatable bonds is 6. The standard InChI is InChI=1S/C27H29N3O3/c1-19-13-23-14-20(8-9-25(23)33-19)17-30-11-12-32-27(18-30,26(28)31)15-21-5-2-3-7-24(21)22-6-4-10-29-16-22/h2-10,14,16,19H,11-13,15,17-18H2,1H3,(H2,28,31). The third kappa shape index (κ3) is 4.49. The highest BCUT2D eigenvalue weighted by Gasteiger charge is 2.43. The minimum Gasteiger partial charge on any atom is -0.490 e. The Hall–Kier alpha value is -3.22. The van der Waals surface area contributed by atoms with Crippen LogP contribution >= 0.6 is 0 Å². The zero-order chi connectivity index (χ0) is 22.8. The van der Waals surface area contributed by atoms with E-state index < -0.39 is 11.5 Å². The van der Waals surface area contributed by atoms with Gasteiger partial charge in [0.25, 0.3) is 5.91 Å². The lowest BCUT2D eigenvalue weighted by Gasteiger charge is -2.41. The van der Waals surface area contributed by atoms with Gasteiger partial charge in [0, 0.05) is 50.4 Å². The number of primary amides is 1. The molecule has 0 aliphatic carbocycles. The molecule has 6 nitrogen and oxygen atoms in total. The van der Waals surface area contributed by atoms with E-state index in [1.165, 1.54) is 11.1 Å². The molecule has 2 unspecified atom stereocenters. The third-order valence-corrected chi connectivity index (χ3v) is 6.55. The van der Waals surface area contributed by atoms with Crippen LogP contribution in [0.5, 0.6) is 5.75 Å². The highest BCUT2D eigenvalue weighted by molar-refractivity contribution is 5.85. The Kier molecular flexibility index (Phi) is 5.87. The Morgan fingerprint density at radius 3 is 2.91 bits per heavy atom. The quantitative estimate of drug-likeness (QED) is 0.632. The Morgan fingerprint density at radius 2 is 2.09 bits per heavy atom. The molecule has 170 valence electrons. The summed E-state index contributed by atoms with van der Waals surface area (Å²) in [5, 5.41) is 0. The molecule has 1 saturated heterocycles. The van der Waals surface area contributed by atoms with Gasteiger partial charge in [0.05, 0.1) is 6.61 Å². The molecule has 1 aromatic heterocycles. The molecule has 3 heterocycles. The maximum atomic E-state index is 12.8. The fourth-order valence-corrected chi connectivity index (χ4v) is 4.95. The number of benzene rings is 2. The number of nitrogens with two attached hydrogens (primary N) is 1. The fourth-order valence-electron chi connectivity index (χ4n) is 4.95. The van der Waals surface area contributed by atoms with Crippen LogP contribution in [0, 0.1) is 0 Å². The number of amides is 1. The van der Waals surface area contributed by atoms with E-state index in [0.29, 0.717) is 19.6 Å². The summed E-state index contributed by atoms with van der Waals surface area (Å²) in [6.45, 7) is 4.50. The van der Waals surface area contributed by atoms with Crippen molar-refractivity contribution in [3.8, 4) is 16.9 Å². The number of ether oxygens (including phenoxy) is 2. The minimum atomic E-state index is -1.08. The van der Waals surface area contributed by atoms with E-state index in [2.05, 4.69) is 41.1 Å². The van der Waals surface area contributed by atoms with Gasteiger partial charge >= 0.3 is 0 Å².